The first-order valence-electron chi connectivity index (χ1n) is 11.3. The van der Waals surface area contributed by atoms with Crippen molar-refractivity contribution in [2.24, 2.45) is 5.10 Å². The van der Waals surface area contributed by atoms with E-state index >= 15 is 0 Å². The predicted molar refractivity (Wildman–Crippen MR) is 140 cm³/mol. The second kappa shape index (κ2) is 9.37. The summed E-state index contributed by atoms with van der Waals surface area (Å²) in [4.78, 5) is 17.9. The third-order valence-corrected chi connectivity index (χ3v) is 6.40. The first kappa shape index (κ1) is 24.5. The number of para-hydroxylation sites is 2. The van der Waals surface area contributed by atoms with Gasteiger partial charge in [-0.2, -0.15) is 22.9 Å². The summed E-state index contributed by atoms with van der Waals surface area (Å²) in [5.74, 6) is 0.00552. The number of fused-ring (bicyclic) bond motifs is 1. The average molecular weight is 521 g/mol. The SMILES string of the molecule is Cc1cc(C=Nn2c(-c3cccc(C(F)(F)F)c3)nc3ccccc3c2=O)c(C)n1-c1ccccc1Cl. The normalized spacial score (nSPS) is 12.1. The van der Waals surface area contributed by atoms with Gasteiger partial charge in [0, 0.05) is 22.5 Å². The molecule has 186 valence electrons. The predicted octanol–water partition coefficient (Wildman–Crippen LogP) is 7.03. The Morgan fingerprint density at radius 1 is 0.946 bits per heavy atom. The molecule has 37 heavy (non-hydrogen) atoms. The van der Waals surface area contributed by atoms with Crippen LogP contribution in [0.5, 0.6) is 0 Å². The molecule has 0 fully saturated rings. The molecule has 3 aromatic carbocycles. The van der Waals surface area contributed by atoms with Gasteiger partial charge < -0.3 is 4.57 Å². The minimum atomic E-state index is -4.54. The van der Waals surface area contributed by atoms with Gasteiger partial charge in [0.2, 0.25) is 0 Å². The van der Waals surface area contributed by atoms with E-state index in [1.54, 1.807) is 30.3 Å². The van der Waals surface area contributed by atoms with Gasteiger partial charge in [-0.05, 0) is 56.3 Å². The van der Waals surface area contributed by atoms with Crippen molar-refractivity contribution < 1.29 is 13.2 Å². The third kappa shape index (κ3) is 4.56. The second-order valence-electron chi connectivity index (χ2n) is 8.51. The van der Waals surface area contributed by atoms with Crippen LogP contribution in [0.25, 0.3) is 28.0 Å². The van der Waals surface area contributed by atoms with Crippen LogP contribution in [0.3, 0.4) is 0 Å². The maximum Gasteiger partial charge on any atom is 0.416 e. The molecule has 0 spiro atoms. The third-order valence-electron chi connectivity index (χ3n) is 6.08. The number of aryl methyl sites for hydroxylation is 1. The van der Waals surface area contributed by atoms with Crippen LogP contribution in [-0.2, 0) is 6.18 Å². The van der Waals surface area contributed by atoms with Crippen molar-refractivity contribution in [1.29, 1.82) is 0 Å². The van der Waals surface area contributed by atoms with E-state index in [4.69, 9.17) is 11.6 Å². The van der Waals surface area contributed by atoms with E-state index in [9.17, 15) is 18.0 Å². The molecule has 5 rings (SSSR count). The molecule has 2 heterocycles. The molecule has 9 heteroatoms. The van der Waals surface area contributed by atoms with Gasteiger partial charge >= 0.3 is 6.18 Å². The molecule has 0 saturated carbocycles. The fourth-order valence-electron chi connectivity index (χ4n) is 4.29. The summed E-state index contributed by atoms with van der Waals surface area (Å²) in [6.45, 7) is 3.82. The molecule has 0 unspecified atom stereocenters. The van der Waals surface area contributed by atoms with E-state index in [0.717, 1.165) is 33.9 Å². The highest BCUT2D eigenvalue weighted by Crippen LogP contribution is 2.32. The lowest BCUT2D eigenvalue weighted by molar-refractivity contribution is -0.137. The standard InChI is InChI=1S/C28H20ClF3N4O/c1-17-14-20(18(2)35(17)25-13-6-4-11-23(25)29)16-33-36-26(19-8-7-9-21(15-19)28(30,31)32)34-24-12-5-3-10-22(24)27(36)37/h3-16H,1-2H3. The highest BCUT2D eigenvalue weighted by Gasteiger charge is 2.31. The van der Waals surface area contributed by atoms with Crippen LogP contribution in [0, 0.1) is 13.8 Å². The van der Waals surface area contributed by atoms with E-state index < -0.39 is 17.3 Å². The van der Waals surface area contributed by atoms with E-state index in [0.29, 0.717) is 21.5 Å². The summed E-state index contributed by atoms with van der Waals surface area (Å²) in [7, 11) is 0. The number of alkyl halides is 3. The fourth-order valence-corrected chi connectivity index (χ4v) is 4.51. The molecular weight excluding hydrogens is 501 g/mol. The van der Waals surface area contributed by atoms with Crippen LogP contribution in [0.1, 0.15) is 22.5 Å². The van der Waals surface area contributed by atoms with Crippen LogP contribution in [0.4, 0.5) is 13.2 Å². The number of hydrogen-bond donors (Lipinski definition) is 0. The van der Waals surface area contributed by atoms with Crippen LogP contribution in [-0.4, -0.2) is 20.4 Å². The summed E-state index contributed by atoms with van der Waals surface area (Å²) >= 11 is 6.41. The Kier molecular flexibility index (Phi) is 6.21. The summed E-state index contributed by atoms with van der Waals surface area (Å²) in [5.41, 5.74) is 2.39. The van der Waals surface area contributed by atoms with Gasteiger partial charge in [-0.25, -0.2) is 4.98 Å². The lowest BCUT2D eigenvalue weighted by Gasteiger charge is -2.12. The van der Waals surface area contributed by atoms with Crippen molar-refractivity contribution >= 4 is 28.7 Å². The second-order valence-corrected chi connectivity index (χ2v) is 8.91. The smallest absolute Gasteiger partial charge is 0.316 e. The molecule has 5 nitrogen and oxygen atoms in total. The largest absolute Gasteiger partial charge is 0.416 e. The molecule has 0 radical (unpaired) electrons. The Morgan fingerprint density at radius 3 is 2.43 bits per heavy atom. The van der Waals surface area contributed by atoms with Crippen molar-refractivity contribution in [3.05, 3.63) is 117 Å². The molecule has 0 aliphatic carbocycles. The van der Waals surface area contributed by atoms with Gasteiger partial charge in [0.15, 0.2) is 5.82 Å². The monoisotopic (exact) mass is 520 g/mol. The summed E-state index contributed by atoms with van der Waals surface area (Å²) in [6.07, 6.45) is -3.04. The molecular formula is C28H20ClF3N4O. The van der Waals surface area contributed by atoms with Crippen LogP contribution in [0.15, 0.2) is 88.8 Å². The maximum atomic E-state index is 13.4. The van der Waals surface area contributed by atoms with Gasteiger partial charge in [0.05, 0.1) is 33.4 Å². The van der Waals surface area contributed by atoms with Crippen molar-refractivity contribution in [2.75, 3.05) is 0 Å². The van der Waals surface area contributed by atoms with Crippen molar-refractivity contribution in [2.45, 2.75) is 20.0 Å². The Balaban J connectivity index is 1.68. The minimum Gasteiger partial charge on any atom is -0.316 e. The Labute approximate surface area is 215 Å². The number of nitrogens with zero attached hydrogens (tertiary/aromatic N) is 4. The van der Waals surface area contributed by atoms with Crippen LogP contribution < -0.4 is 5.56 Å². The molecule has 0 amide bonds. The zero-order valence-corrected chi connectivity index (χ0v) is 20.5. The van der Waals surface area contributed by atoms with Gasteiger partial charge in [-0.1, -0.05) is 48.0 Å². The number of rotatable bonds is 4. The highest BCUT2D eigenvalue weighted by molar-refractivity contribution is 6.32. The van der Waals surface area contributed by atoms with Crippen molar-refractivity contribution in [3.63, 3.8) is 0 Å². The van der Waals surface area contributed by atoms with E-state index in [1.165, 1.54) is 18.3 Å². The molecule has 0 bridgehead atoms. The Hall–Kier alpha value is -4.17. The first-order chi connectivity index (χ1) is 17.6. The lowest BCUT2D eigenvalue weighted by Crippen LogP contribution is -2.20. The molecule has 0 aliphatic rings. The van der Waals surface area contributed by atoms with E-state index in [1.807, 2.05) is 42.7 Å². The quantitative estimate of drug-likeness (QED) is 0.239. The van der Waals surface area contributed by atoms with Gasteiger partial charge in [0.25, 0.3) is 5.56 Å². The summed E-state index contributed by atoms with van der Waals surface area (Å²) in [6, 6.07) is 20.7. The first-order valence-corrected chi connectivity index (χ1v) is 11.7. The number of halogens is 4. The van der Waals surface area contributed by atoms with Crippen molar-refractivity contribution in [1.82, 2.24) is 14.2 Å². The number of benzene rings is 3. The topological polar surface area (TPSA) is 52.2 Å². The molecule has 0 saturated heterocycles. The average Bonchev–Trinajstić information content (AvgIpc) is 3.16. The molecule has 0 aliphatic heterocycles. The zero-order chi connectivity index (χ0) is 26.3. The summed E-state index contributed by atoms with van der Waals surface area (Å²) in [5, 5.41) is 5.30. The van der Waals surface area contributed by atoms with Gasteiger partial charge in [0.1, 0.15) is 0 Å². The van der Waals surface area contributed by atoms with Gasteiger partial charge in [-0.3, -0.25) is 4.79 Å². The number of hydrogen-bond acceptors (Lipinski definition) is 3. The fraction of sp³-hybridized carbons (Fsp3) is 0.107. The molecule has 0 atom stereocenters. The van der Waals surface area contributed by atoms with Gasteiger partial charge in [-0.15, -0.1) is 0 Å². The molecule has 2 aromatic heterocycles. The van der Waals surface area contributed by atoms with Crippen LogP contribution in [0.2, 0.25) is 5.02 Å². The minimum absolute atomic E-state index is 0.00552. The Morgan fingerprint density at radius 2 is 1.68 bits per heavy atom. The number of aromatic nitrogens is 3. The van der Waals surface area contributed by atoms with Crippen molar-refractivity contribution in [3.8, 4) is 17.1 Å². The lowest BCUT2D eigenvalue weighted by atomic mass is 10.1. The molecule has 5 aromatic rings. The summed E-state index contributed by atoms with van der Waals surface area (Å²) < 4.78 is 43.2. The molecule has 0 N–H and O–H groups in total. The van der Waals surface area contributed by atoms with Crippen LogP contribution >= 0.6 is 11.6 Å². The Bertz CT molecular complexity index is 1730. The zero-order valence-electron chi connectivity index (χ0n) is 19.8. The van der Waals surface area contributed by atoms with E-state index in [2.05, 4.69) is 10.1 Å². The highest BCUT2D eigenvalue weighted by atomic mass is 35.5. The van der Waals surface area contributed by atoms with E-state index in [-0.39, 0.29) is 11.4 Å². The maximum absolute atomic E-state index is 13.4.